The number of aromatic nitrogens is 1. The smallest absolute Gasteiger partial charge is 0.224 e. The van der Waals surface area contributed by atoms with Crippen molar-refractivity contribution in [3.8, 4) is 5.75 Å². The fourth-order valence-corrected chi connectivity index (χ4v) is 2.65. The number of allylic oxidation sites excluding steroid dienone is 1. The predicted octanol–water partition coefficient (Wildman–Crippen LogP) is 4.68. The maximum atomic E-state index is 12.2. The van der Waals surface area contributed by atoms with Crippen molar-refractivity contribution in [3.63, 3.8) is 0 Å². The summed E-state index contributed by atoms with van der Waals surface area (Å²) in [5.41, 5.74) is 2.56. The fraction of sp³-hybridized carbons (Fsp3) is 0.143. The number of ether oxygens (including phenoxy) is 1. The van der Waals surface area contributed by atoms with Gasteiger partial charge in [0, 0.05) is 23.6 Å². The van der Waals surface area contributed by atoms with Crippen LogP contribution < -0.4 is 10.1 Å². The zero-order chi connectivity index (χ0) is 17.5. The summed E-state index contributed by atoms with van der Waals surface area (Å²) in [5.74, 6) is 0.799. The van der Waals surface area contributed by atoms with Crippen LogP contribution in [-0.2, 0) is 4.79 Å². The van der Waals surface area contributed by atoms with E-state index in [4.69, 9.17) is 4.74 Å². The molecule has 0 aliphatic heterocycles. The number of amides is 1. The third-order valence-electron chi connectivity index (χ3n) is 3.88. The number of hydrogen-bond acceptors (Lipinski definition) is 3. The maximum absolute atomic E-state index is 12.2. The average Bonchev–Trinajstić information content (AvgIpc) is 2.66. The molecule has 25 heavy (non-hydrogen) atoms. The van der Waals surface area contributed by atoms with Gasteiger partial charge in [-0.05, 0) is 24.6 Å². The first-order valence-corrected chi connectivity index (χ1v) is 8.21. The Morgan fingerprint density at radius 2 is 1.96 bits per heavy atom. The van der Waals surface area contributed by atoms with Gasteiger partial charge < -0.3 is 10.1 Å². The first-order chi connectivity index (χ1) is 12.3. The monoisotopic (exact) mass is 332 g/mol. The number of carbonyl (C=O) groups excluding carboxylic acids is 1. The van der Waals surface area contributed by atoms with Gasteiger partial charge in [0.1, 0.15) is 5.75 Å². The summed E-state index contributed by atoms with van der Waals surface area (Å²) in [6.45, 7) is 0. The summed E-state index contributed by atoms with van der Waals surface area (Å²) in [6, 6.07) is 17.4. The van der Waals surface area contributed by atoms with Crippen LogP contribution in [0.3, 0.4) is 0 Å². The molecule has 1 aromatic heterocycles. The van der Waals surface area contributed by atoms with Gasteiger partial charge in [-0.1, -0.05) is 48.6 Å². The van der Waals surface area contributed by atoms with Crippen molar-refractivity contribution in [2.75, 3.05) is 12.4 Å². The van der Waals surface area contributed by atoms with Crippen molar-refractivity contribution in [1.82, 2.24) is 4.98 Å². The molecule has 3 rings (SSSR count). The average molecular weight is 332 g/mol. The SMILES string of the molecule is COc1ccccc1/C=C\CCC(=O)Nc1cccc2cccnc12. The Hall–Kier alpha value is -3.14. The molecule has 0 saturated carbocycles. The highest BCUT2D eigenvalue weighted by molar-refractivity contribution is 6.00. The molecule has 4 heteroatoms. The molecule has 0 fully saturated rings. The quantitative estimate of drug-likeness (QED) is 0.713. The highest BCUT2D eigenvalue weighted by Crippen LogP contribution is 2.21. The molecule has 2 aromatic carbocycles. The van der Waals surface area contributed by atoms with Crippen LogP contribution in [-0.4, -0.2) is 18.0 Å². The molecule has 1 N–H and O–H groups in total. The topological polar surface area (TPSA) is 51.2 Å². The Kier molecular flexibility index (Phi) is 5.42. The standard InChI is InChI=1S/C21H20N2O2/c1-25-19-13-4-2-8-16(19)9-3-5-14-20(24)23-18-12-6-10-17-11-7-15-22-21(17)18/h2-4,6-13,15H,5,14H2,1H3,(H,23,24)/b9-3-. The molecule has 0 saturated heterocycles. The molecule has 0 spiro atoms. The van der Waals surface area contributed by atoms with Gasteiger partial charge in [-0.2, -0.15) is 0 Å². The van der Waals surface area contributed by atoms with Crippen LogP contribution in [0.4, 0.5) is 5.69 Å². The van der Waals surface area contributed by atoms with Crippen molar-refractivity contribution in [3.05, 3.63) is 72.4 Å². The first kappa shape index (κ1) is 16.7. The van der Waals surface area contributed by atoms with Crippen LogP contribution in [0.1, 0.15) is 18.4 Å². The molecule has 126 valence electrons. The number of hydrogen-bond donors (Lipinski definition) is 1. The summed E-state index contributed by atoms with van der Waals surface area (Å²) in [6.07, 6.45) is 6.76. The number of nitrogens with zero attached hydrogens (tertiary/aromatic N) is 1. The van der Waals surface area contributed by atoms with Crippen LogP contribution in [0.5, 0.6) is 5.75 Å². The normalized spacial score (nSPS) is 10.9. The number of benzene rings is 2. The van der Waals surface area contributed by atoms with Gasteiger partial charge in [0.25, 0.3) is 0 Å². The van der Waals surface area contributed by atoms with Crippen LogP contribution in [0.25, 0.3) is 17.0 Å². The van der Waals surface area contributed by atoms with E-state index in [-0.39, 0.29) is 5.91 Å². The number of pyridine rings is 1. The third kappa shape index (κ3) is 4.23. The number of anilines is 1. The molecule has 3 aromatic rings. The molecule has 0 bridgehead atoms. The Bertz CT molecular complexity index is 898. The van der Waals surface area contributed by atoms with Gasteiger partial charge in [-0.3, -0.25) is 9.78 Å². The van der Waals surface area contributed by atoms with E-state index in [1.54, 1.807) is 13.3 Å². The summed E-state index contributed by atoms with van der Waals surface area (Å²) >= 11 is 0. The molecule has 0 aliphatic carbocycles. The van der Waals surface area contributed by atoms with Crippen LogP contribution in [0.2, 0.25) is 0 Å². The van der Waals surface area contributed by atoms with Crippen molar-refractivity contribution >= 4 is 28.6 Å². The lowest BCUT2D eigenvalue weighted by Crippen LogP contribution is -2.11. The van der Waals surface area contributed by atoms with Crippen molar-refractivity contribution in [2.45, 2.75) is 12.8 Å². The van der Waals surface area contributed by atoms with E-state index < -0.39 is 0 Å². The Morgan fingerprint density at radius 3 is 2.84 bits per heavy atom. The van der Waals surface area contributed by atoms with E-state index in [9.17, 15) is 4.79 Å². The molecule has 4 nitrogen and oxygen atoms in total. The van der Waals surface area contributed by atoms with E-state index in [1.165, 1.54) is 0 Å². The lowest BCUT2D eigenvalue weighted by Gasteiger charge is -2.07. The second kappa shape index (κ2) is 8.11. The lowest BCUT2D eigenvalue weighted by atomic mass is 10.1. The largest absolute Gasteiger partial charge is 0.496 e. The van der Waals surface area contributed by atoms with Crippen LogP contribution in [0, 0.1) is 0 Å². The number of methoxy groups -OCH3 is 1. The zero-order valence-corrected chi connectivity index (χ0v) is 14.1. The highest BCUT2D eigenvalue weighted by atomic mass is 16.5. The Balaban J connectivity index is 1.59. The minimum Gasteiger partial charge on any atom is -0.496 e. The van der Waals surface area contributed by atoms with Crippen molar-refractivity contribution in [2.24, 2.45) is 0 Å². The van der Waals surface area contributed by atoms with Crippen LogP contribution >= 0.6 is 0 Å². The van der Waals surface area contributed by atoms with Gasteiger partial charge in [-0.25, -0.2) is 0 Å². The van der Waals surface area contributed by atoms with E-state index in [2.05, 4.69) is 10.3 Å². The molecular formula is C21H20N2O2. The van der Waals surface area contributed by atoms with Gasteiger partial charge in [0.15, 0.2) is 0 Å². The number of nitrogens with one attached hydrogen (secondary N) is 1. The molecule has 0 radical (unpaired) electrons. The molecule has 1 amide bonds. The third-order valence-corrected chi connectivity index (χ3v) is 3.88. The molecule has 0 aliphatic rings. The van der Waals surface area contributed by atoms with E-state index >= 15 is 0 Å². The fourth-order valence-electron chi connectivity index (χ4n) is 2.65. The predicted molar refractivity (Wildman–Crippen MR) is 102 cm³/mol. The summed E-state index contributed by atoms with van der Waals surface area (Å²) in [5, 5.41) is 3.96. The number of carbonyl (C=O) groups is 1. The minimum absolute atomic E-state index is 0.0252. The summed E-state index contributed by atoms with van der Waals surface area (Å²) in [7, 11) is 1.65. The zero-order valence-electron chi connectivity index (χ0n) is 14.1. The molecule has 1 heterocycles. The van der Waals surface area contributed by atoms with Gasteiger partial charge >= 0.3 is 0 Å². The molecule has 0 atom stereocenters. The minimum atomic E-state index is -0.0252. The van der Waals surface area contributed by atoms with Gasteiger partial charge in [0.05, 0.1) is 18.3 Å². The highest BCUT2D eigenvalue weighted by Gasteiger charge is 2.05. The van der Waals surface area contributed by atoms with E-state index in [1.807, 2.05) is 66.7 Å². The van der Waals surface area contributed by atoms with Gasteiger partial charge in [0.2, 0.25) is 5.91 Å². The van der Waals surface area contributed by atoms with E-state index in [0.717, 1.165) is 27.9 Å². The first-order valence-electron chi connectivity index (χ1n) is 8.21. The van der Waals surface area contributed by atoms with Gasteiger partial charge in [-0.15, -0.1) is 0 Å². The second-order valence-electron chi connectivity index (χ2n) is 5.61. The van der Waals surface area contributed by atoms with Crippen molar-refractivity contribution in [1.29, 1.82) is 0 Å². The maximum Gasteiger partial charge on any atom is 0.224 e. The summed E-state index contributed by atoms with van der Waals surface area (Å²) < 4.78 is 5.31. The number of rotatable bonds is 6. The Morgan fingerprint density at radius 1 is 1.12 bits per heavy atom. The number of para-hydroxylation sites is 2. The van der Waals surface area contributed by atoms with Crippen molar-refractivity contribution < 1.29 is 9.53 Å². The number of fused-ring (bicyclic) bond motifs is 1. The van der Waals surface area contributed by atoms with E-state index in [0.29, 0.717) is 12.8 Å². The Labute approximate surface area is 147 Å². The lowest BCUT2D eigenvalue weighted by molar-refractivity contribution is -0.116. The van der Waals surface area contributed by atoms with Crippen LogP contribution in [0.15, 0.2) is 66.9 Å². The molecular weight excluding hydrogens is 312 g/mol. The second-order valence-corrected chi connectivity index (χ2v) is 5.61. The summed E-state index contributed by atoms with van der Waals surface area (Å²) in [4.78, 5) is 16.5. The molecule has 0 unspecified atom stereocenters.